The van der Waals surface area contributed by atoms with Crippen LogP contribution in [0.15, 0.2) is 52.1 Å². The number of pyridine rings is 1. The number of halogens is 2. The maximum Gasteiger partial charge on any atom is 0.218 e. The van der Waals surface area contributed by atoms with E-state index in [-0.39, 0.29) is 24.0 Å². The summed E-state index contributed by atoms with van der Waals surface area (Å²) in [6, 6.07) is 12.6. The van der Waals surface area contributed by atoms with Crippen molar-refractivity contribution in [2.75, 3.05) is 32.1 Å². The van der Waals surface area contributed by atoms with Crippen LogP contribution in [0.3, 0.4) is 0 Å². The lowest BCUT2D eigenvalue weighted by atomic mass is 10.2. The molecule has 6 nitrogen and oxygen atoms in total. The standard InChI is InChI=1S/C19H24BrN5O.HI/c1-21-19(23-12-14-6-5-10-22-18(14)26-2)24-15-9-11-25(13-15)17-8-4-3-7-16(17)20;/h3-8,10,15H,9,11-13H2,1-2H3,(H2,21,23,24);1H. The van der Waals surface area contributed by atoms with Crippen molar-refractivity contribution in [3.63, 3.8) is 0 Å². The van der Waals surface area contributed by atoms with E-state index in [9.17, 15) is 0 Å². The molecule has 1 atom stereocenters. The first kappa shape index (κ1) is 21.7. The van der Waals surface area contributed by atoms with Crippen molar-refractivity contribution < 1.29 is 4.74 Å². The largest absolute Gasteiger partial charge is 0.481 e. The zero-order chi connectivity index (χ0) is 18.4. The normalized spacial score (nSPS) is 16.6. The van der Waals surface area contributed by atoms with E-state index in [1.165, 1.54) is 5.69 Å². The SMILES string of the molecule is CN=C(NCc1cccnc1OC)NC1CCN(c2ccccc2Br)C1.I. The van der Waals surface area contributed by atoms with Crippen LogP contribution in [0, 0.1) is 0 Å². The van der Waals surface area contributed by atoms with Crippen LogP contribution in [-0.2, 0) is 6.54 Å². The van der Waals surface area contributed by atoms with E-state index in [2.05, 4.69) is 59.6 Å². The molecule has 1 fully saturated rings. The summed E-state index contributed by atoms with van der Waals surface area (Å²) < 4.78 is 6.43. The van der Waals surface area contributed by atoms with Gasteiger partial charge in [-0.25, -0.2) is 4.98 Å². The highest BCUT2D eigenvalue weighted by atomic mass is 127. The van der Waals surface area contributed by atoms with E-state index in [1.54, 1.807) is 20.4 Å². The number of nitrogens with one attached hydrogen (secondary N) is 2. The Labute approximate surface area is 186 Å². The smallest absolute Gasteiger partial charge is 0.218 e. The molecular weight excluding hydrogens is 521 g/mol. The Morgan fingerprint density at radius 2 is 2.15 bits per heavy atom. The van der Waals surface area contributed by atoms with Crippen LogP contribution >= 0.6 is 39.9 Å². The van der Waals surface area contributed by atoms with Crippen molar-refractivity contribution in [1.82, 2.24) is 15.6 Å². The van der Waals surface area contributed by atoms with Gasteiger partial charge in [0.05, 0.1) is 12.8 Å². The van der Waals surface area contributed by atoms with E-state index >= 15 is 0 Å². The van der Waals surface area contributed by atoms with Gasteiger partial charge in [-0.1, -0.05) is 18.2 Å². The number of rotatable bonds is 5. The van der Waals surface area contributed by atoms with Crippen molar-refractivity contribution in [3.8, 4) is 5.88 Å². The quantitative estimate of drug-likeness (QED) is 0.342. The van der Waals surface area contributed by atoms with Gasteiger partial charge < -0.3 is 20.3 Å². The summed E-state index contributed by atoms with van der Waals surface area (Å²) in [6.45, 7) is 2.57. The first-order valence-electron chi connectivity index (χ1n) is 8.66. The number of hydrogen-bond donors (Lipinski definition) is 2. The van der Waals surface area contributed by atoms with Gasteiger partial charge in [-0.05, 0) is 40.5 Å². The molecule has 1 aromatic carbocycles. The van der Waals surface area contributed by atoms with E-state index in [0.29, 0.717) is 18.5 Å². The van der Waals surface area contributed by atoms with E-state index < -0.39 is 0 Å². The topological polar surface area (TPSA) is 61.8 Å². The van der Waals surface area contributed by atoms with Crippen molar-refractivity contribution in [3.05, 3.63) is 52.6 Å². The molecule has 0 spiro atoms. The number of aromatic nitrogens is 1. The second kappa shape index (κ2) is 10.7. The van der Waals surface area contributed by atoms with Gasteiger partial charge in [-0.15, -0.1) is 24.0 Å². The lowest BCUT2D eigenvalue weighted by Crippen LogP contribution is -2.44. The highest BCUT2D eigenvalue weighted by Crippen LogP contribution is 2.28. The molecule has 0 aliphatic carbocycles. The Hall–Kier alpha value is -1.55. The second-order valence-electron chi connectivity index (χ2n) is 6.12. The molecule has 1 unspecified atom stereocenters. The van der Waals surface area contributed by atoms with Crippen LogP contribution in [0.25, 0.3) is 0 Å². The van der Waals surface area contributed by atoms with Crippen LogP contribution < -0.4 is 20.3 Å². The molecule has 1 aromatic heterocycles. The van der Waals surface area contributed by atoms with Crippen LogP contribution in [0.2, 0.25) is 0 Å². The lowest BCUT2D eigenvalue weighted by Gasteiger charge is -2.21. The van der Waals surface area contributed by atoms with E-state index in [4.69, 9.17) is 4.74 Å². The van der Waals surface area contributed by atoms with E-state index in [0.717, 1.165) is 35.5 Å². The molecule has 2 N–H and O–H groups in total. The van der Waals surface area contributed by atoms with Crippen molar-refractivity contribution in [2.24, 2.45) is 4.99 Å². The summed E-state index contributed by atoms with van der Waals surface area (Å²) >= 11 is 3.64. The minimum absolute atomic E-state index is 0. The van der Waals surface area contributed by atoms with E-state index in [1.807, 2.05) is 18.2 Å². The number of benzene rings is 1. The average Bonchev–Trinajstić information content (AvgIpc) is 3.14. The van der Waals surface area contributed by atoms with Gasteiger partial charge in [0, 0.05) is 49.0 Å². The summed E-state index contributed by atoms with van der Waals surface area (Å²) in [4.78, 5) is 11.0. The first-order chi connectivity index (χ1) is 12.7. The zero-order valence-corrected chi connectivity index (χ0v) is 19.4. The molecule has 0 bridgehead atoms. The summed E-state index contributed by atoms with van der Waals surface area (Å²) in [7, 11) is 3.42. The molecule has 1 aliphatic heterocycles. The van der Waals surface area contributed by atoms with Gasteiger partial charge in [-0.3, -0.25) is 4.99 Å². The van der Waals surface area contributed by atoms with Gasteiger partial charge in [-0.2, -0.15) is 0 Å². The number of para-hydroxylation sites is 1. The molecule has 3 rings (SSSR count). The molecular formula is C19H25BrIN5O. The van der Waals surface area contributed by atoms with Gasteiger partial charge >= 0.3 is 0 Å². The molecule has 2 aromatic rings. The number of ether oxygens (including phenoxy) is 1. The van der Waals surface area contributed by atoms with Crippen molar-refractivity contribution >= 4 is 51.6 Å². The van der Waals surface area contributed by atoms with Crippen LogP contribution in [0.4, 0.5) is 5.69 Å². The fourth-order valence-electron chi connectivity index (χ4n) is 3.11. The maximum atomic E-state index is 5.30. The first-order valence-corrected chi connectivity index (χ1v) is 9.45. The Bertz CT molecular complexity index is 773. The van der Waals surface area contributed by atoms with Crippen LogP contribution in [0.1, 0.15) is 12.0 Å². The number of hydrogen-bond acceptors (Lipinski definition) is 4. The Morgan fingerprint density at radius 3 is 2.89 bits per heavy atom. The summed E-state index contributed by atoms with van der Waals surface area (Å²) in [6.07, 6.45) is 2.79. The number of methoxy groups -OCH3 is 1. The predicted octanol–water partition coefficient (Wildman–Crippen LogP) is 3.41. The van der Waals surface area contributed by atoms with Crippen molar-refractivity contribution in [1.29, 1.82) is 0 Å². The Morgan fingerprint density at radius 1 is 1.33 bits per heavy atom. The number of anilines is 1. The molecule has 8 heteroatoms. The number of nitrogens with zero attached hydrogens (tertiary/aromatic N) is 3. The Balaban J connectivity index is 0.00000261. The molecule has 0 radical (unpaired) electrons. The maximum absolute atomic E-state index is 5.30. The van der Waals surface area contributed by atoms with Gasteiger partial charge in [0.2, 0.25) is 5.88 Å². The highest BCUT2D eigenvalue weighted by Gasteiger charge is 2.24. The number of guanidine groups is 1. The summed E-state index contributed by atoms with van der Waals surface area (Å²) in [5.74, 6) is 1.42. The fourth-order valence-corrected chi connectivity index (χ4v) is 3.65. The summed E-state index contributed by atoms with van der Waals surface area (Å²) in [5.41, 5.74) is 2.24. The number of aliphatic imine (C=N–C) groups is 1. The highest BCUT2D eigenvalue weighted by molar-refractivity contribution is 14.0. The second-order valence-corrected chi connectivity index (χ2v) is 6.98. The lowest BCUT2D eigenvalue weighted by molar-refractivity contribution is 0.392. The Kier molecular flexibility index (Phi) is 8.62. The van der Waals surface area contributed by atoms with Gasteiger partial charge in [0.15, 0.2) is 5.96 Å². The monoisotopic (exact) mass is 545 g/mol. The third kappa shape index (κ3) is 5.71. The predicted molar refractivity (Wildman–Crippen MR) is 124 cm³/mol. The fraction of sp³-hybridized carbons (Fsp3) is 0.368. The molecule has 1 aliphatic rings. The molecule has 27 heavy (non-hydrogen) atoms. The van der Waals surface area contributed by atoms with Crippen LogP contribution in [0.5, 0.6) is 5.88 Å². The summed E-state index contributed by atoms with van der Waals surface area (Å²) in [5, 5.41) is 6.86. The molecule has 2 heterocycles. The molecule has 0 saturated carbocycles. The van der Waals surface area contributed by atoms with Crippen molar-refractivity contribution in [2.45, 2.75) is 19.0 Å². The minimum Gasteiger partial charge on any atom is -0.481 e. The van der Waals surface area contributed by atoms with Crippen LogP contribution in [-0.4, -0.2) is 44.2 Å². The molecule has 146 valence electrons. The minimum atomic E-state index is 0. The zero-order valence-electron chi connectivity index (χ0n) is 15.5. The third-order valence-electron chi connectivity index (χ3n) is 4.44. The average molecular weight is 546 g/mol. The third-order valence-corrected chi connectivity index (χ3v) is 5.11. The van der Waals surface area contributed by atoms with Gasteiger partial charge in [0.1, 0.15) is 0 Å². The molecule has 1 saturated heterocycles. The molecule has 0 amide bonds. The van der Waals surface area contributed by atoms with Gasteiger partial charge in [0.25, 0.3) is 0 Å².